The summed E-state index contributed by atoms with van der Waals surface area (Å²) in [4.78, 5) is 14.5. The van der Waals surface area contributed by atoms with Crippen LogP contribution in [0.4, 0.5) is 4.79 Å². The molecule has 0 aliphatic carbocycles. The Labute approximate surface area is 151 Å². The normalized spacial score (nSPS) is 28.4. The van der Waals surface area contributed by atoms with Gasteiger partial charge >= 0.3 is 6.09 Å². The molecular formula is C21H31NO3. The summed E-state index contributed by atoms with van der Waals surface area (Å²) < 4.78 is 5.53. The SMILES string of the molecule is CC(C)CCCC1(O)CC2CCC(C1)N2C(=O)OCc1ccccc1. The lowest BCUT2D eigenvalue weighted by Crippen LogP contribution is -2.53. The van der Waals surface area contributed by atoms with Crippen molar-refractivity contribution in [3.63, 3.8) is 0 Å². The summed E-state index contributed by atoms with van der Waals surface area (Å²) in [5.74, 6) is 0.674. The maximum atomic E-state index is 12.6. The number of hydrogen-bond donors (Lipinski definition) is 1. The number of fused-ring (bicyclic) bond motifs is 2. The molecule has 138 valence electrons. The summed E-state index contributed by atoms with van der Waals surface area (Å²) in [7, 11) is 0. The molecule has 2 saturated heterocycles. The van der Waals surface area contributed by atoms with Gasteiger partial charge in [0.15, 0.2) is 0 Å². The van der Waals surface area contributed by atoms with E-state index in [-0.39, 0.29) is 18.2 Å². The predicted molar refractivity (Wildman–Crippen MR) is 98.1 cm³/mol. The van der Waals surface area contributed by atoms with E-state index in [1.54, 1.807) is 0 Å². The van der Waals surface area contributed by atoms with Crippen LogP contribution >= 0.6 is 0 Å². The highest BCUT2D eigenvalue weighted by atomic mass is 16.6. The fourth-order valence-corrected chi connectivity index (χ4v) is 4.46. The van der Waals surface area contributed by atoms with E-state index in [9.17, 15) is 9.90 Å². The van der Waals surface area contributed by atoms with Crippen LogP contribution in [0.15, 0.2) is 30.3 Å². The fraction of sp³-hybridized carbons (Fsp3) is 0.667. The van der Waals surface area contributed by atoms with Gasteiger partial charge in [-0.3, -0.25) is 0 Å². The maximum absolute atomic E-state index is 12.6. The third kappa shape index (κ3) is 4.55. The minimum atomic E-state index is -0.600. The van der Waals surface area contributed by atoms with Crippen molar-refractivity contribution < 1.29 is 14.6 Å². The summed E-state index contributed by atoms with van der Waals surface area (Å²) in [6, 6.07) is 10.0. The number of benzene rings is 1. The van der Waals surface area contributed by atoms with Gasteiger partial charge in [0.25, 0.3) is 0 Å². The number of amides is 1. The first-order valence-corrected chi connectivity index (χ1v) is 9.68. The third-order valence-corrected chi connectivity index (χ3v) is 5.69. The zero-order valence-electron chi connectivity index (χ0n) is 15.5. The quantitative estimate of drug-likeness (QED) is 0.825. The van der Waals surface area contributed by atoms with Crippen LogP contribution in [0, 0.1) is 5.92 Å². The smallest absolute Gasteiger partial charge is 0.410 e. The molecule has 0 aromatic heterocycles. The highest BCUT2D eigenvalue weighted by Crippen LogP contribution is 2.43. The van der Waals surface area contributed by atoms with Crippen LogP contribution in [0.5, 0.6) is 0 Å². The Bertz CT molecular complexity index is 558. The molecule has 1 aromatic carbocycles. The third-order valence-electron chi connectivity index (χ3n) is 5.69. The lowest BCUT2D eigenvalue weighted by molar-refractivity contribution is -0.0556. The van der Waals surface area contributed by atoms with Gasteiger partial charge in [-0.05, 0) is 43.6 Å². The average molecular weight is 345 g/mol. The highest BCUT2D eigenvalue weighted by Gasteiger charge is 2.49. The molecule has 4 heteroatoms. The standard InChI is InChI=1S/C21H31NO3/c1-16(2)7-6-12-21(24)13-18-10-11-19(14-21)22(18)20(23)25-15-17-8-4-3-5-9-17/h3-5,8-9,16,18-19,24H,6-7,10-15H2,1-2H3. The molecular weight excluding hydrogens is 314 g/mol. The van der Waals surface area contributed by atoms with Gasteiger partial charge in [0.05, 0.1) is 5.60 Å². The minimum Gasteiger partial charge on any atom is -0.445 e. The molecule has 2 unspecified atom stereocenters. The molecule has 2 heterocycles. The van der Waals surface area contributed by atoms with Crippen molar-refractivity contribution in [3.8, 4) is 0 Å². The van der Waals surface area contributed by atoms with Gasteiger partial charge in [0.1, 0.15) is 6.61 Å². The van der Waals surface area contributed by atoms with Gasteiger partial charge in [-0.25, -0.2) is 4.79 Å². The topological polar surface area (TPSA) is 49.8 Å². The van der Waals surface area contributed by atoms with Gasteiger partial charge in [-0.15, -0.1) is 0 Å². The van der Waals surface area contributed by atoms with Crippen molar-refractivity contribution in [1.82, 2.24) is 4.90 Å². The molecule has 1 N–H and O–H groups in total. The Kier molecular flexibility index (Phi) is 5.67. The van der Waals surface area contributed by atoms with E-state index in [0.717, 1.165) is 37.7 Å². The lowest BCUT2D eigenvalue weighted by Gasteiger charge is -2.43. The molecule has 0 saturated carbocycles. The molecule has 2 aliphatic rings. The number of carbonyl (C=O) groups excluding carboxylic acids is 1. The molecule has 0 spiro atoms. The monoisotopic (exact) mass is 345 g/mol. The van der Waals surface area contributed by atoms with Gasteiger partial charge in [-0.1, -0.05) is 57.0 Å². The molecule has 0 radical (unpaired) electrons. The van der Waals surface area contributed by atoms with Gasteiger partial charge < -0.3 is 14.7 Å². The van der Waals surface area contributed by atoms with Crippen LogP contribution in [0.2, 0.25) is 0 Å². The van der Waals surface area contributed by atoms with E-state index in [2.05, 4.69) is 13.8 Å². The summed E-state index contributed by atoms with van der Waals surface area (Å²) in [5, 5.41) is 11.0. The Morgan fingerprint density at radius 2 is 1.88 bits per heavy atom. The van der Waals surface area contributed by atoms with Crippen molar-refractivity contribution in [2.24, 2.45) is 5.92 Å². The van der Waals surface area contributed by atoms with Crippen LogP contribution in [-0.4, -0.2) is 33.8 Å². The second-order valence-corrected chi connectivity index (χ2v) is 8.25. The predicted octanol–water partition coefficient (Wildman–Crippen LogP) is 4.51. The molecule has 4 nitrogen and oxygen atoms in total. The maximum Gasteiger partial charge on any atom is 0.410 e. The fourth-order valence-electron chi connectivity index (χ4n) is 4.46. The number of carbonyl (C=O) groups is 1. The molecule has 25 heavy (non-hydrogen) atoms. The van der Waals surface area contributed by atoms with Gasteiger partial charge in [0.2, 0.25) is 0 Å². The molecule has 2 aliphatic heterocycles. The first kappa shape index (κ1) is 18.2. The van der Waals surface area contributed by atoms with Crippen molar-refractivity contribution in [3.05, 3.63) is 35.9 Å². The van der Waals surface area contributed by atoms with Crippen LogP contribution in [0.25, 0.3) is 0 Å². The second kappa shape index (κ2) is 7.77. The molecule has 2 bridgehead atoms. The minimum absolute atomic E-state index is 0.131. The Balaban J connectivity index is 1.54. The molecule has 2 atom stereocenters. The first-order chi connectivity index (χ1) is 12.0. The Morgan fingerprint density at radius 3 is 2.48 bits per heavy atom. The molecule has 1 aromatic rings. The summed E-state index contributed by atoms with van der Waals surface area (Å²) >= 11 is 0. The van der Waals surface area contributed by atoms with Crippen molar-refractivity contribution >= 4 is 6.09 Å². The van der Waals surface area contributed by atoms with E-state index in [1.807, 2.05) is 35.2 Å². The van der Waals surface area contributed by atoms with Crippen molar-refractivity contribution in [2.75, 3.05) is 0 Å². The highest BCUT2D eigenvalue weighted by molar-refractivity contribution is 5.69. The van der Waals surface area contributed by atoms with Crippen LogP contribution in [0.1, 0.15) is 64.4 Å². The number of nitrogens with zero attached hydrogens (tertiary/aromatic N) is 1. The van der Waals surface area contributed by atoms with Crippen LogP contribution in [-0.2, 0) is 11.3 Å². The number of rotatable bonds is 6. The van der Waals surface area contributed by atoms with Crippen LogP contribution < -0.4 is 0 Å². The van der Waals surface area contributed by atoms with E-state index >= 15 is 0 Å². The number of aliphatic hydroxyl groups is 1. The van der Waals surface area contributed by atoms with Crippen molar-refractivity contribution in [1.29, 1.82) is 0 Å². The van der Waals surface area contributed by atoms with E-state index in [0.29, 0.717) is 25.4 Å². The van der Waals surface area contributed by atoms with Crippen molar-refractivity contribution in [2.45, 2.75) is 83.1 Å². The zero-order chi connectivity index (χ0) is 17.9. The summed E-state index contributed by atoms with van der Waals surface area (Å²) in [6.07, 6.45) is 6.21. The Hall–Kier alpha value is -1.55. The van der Waals surface area contributed by atoms with E-state index in [1.165, 1.54) is 0 Å². The second-order valence-electron chi connectivity index (χ2n) is 8.25. The zero-order valence-corrected chi connectivity index (χ0v) is 15.5. The van der Waals surface area contributed by atoms with Crippen LogP contribution in [0.3, 0.4) is 0 Å². The first-order valence-electron chi connectivity index (χ1n) is 9.68. The average Bonchev–Trinajstić information content (AvgIpc) is 2.86. The molecule has 2 fully saturated rings. The largest absolute Gasteiger partial charge is 0.445 e. The number of piperidine rings is 1. The molecule has 1 amide bonds. The summed E-state index contributed by atoms with van der Waals surface area (Å²) in [6.45, 7) is 4.76. The van der Waals surface area contributed by atoms with Gasteiger partial charge in [-0.2, -0.15) is 0 Å². The number of ether oxygens (including phenoxy) is 1. The number of hydrogen-bond acceptors (Lipinski definition) is 3. The lowest BCUT2D eigenvalue weighted by atomic mass is 9.82. The molecule has 3 rings (SSSR count). The van der Waals surface area contributed by atoms with Gasteiger partial charge in [0, 0.05) is 12.1 Å². The Morgan fingerprint density at radius 1 is 1.24 bits per heavy atom. The van der Waals surface area contributed by atoms with E-state index < -0.39 is 5.60 Å². The van der Waals surface area contributed by atoms with E-state index in [4.69, 9.17) is 4.74 Å². The summed E-state index contributed by atoms with van der Waals surface area (Å²) in [5.41, 5.74) is 0.405.